The van der Waals surface area contributed by atoms with Gasteiger partial charge in [0.15, 0.2) is 0 Å². The fraction of sp³-hybridized carbons (Fsp3) is 0.467. The summed E-state index contributed by atoms with van der Waals surface area (Å²) in [5.74, 6) is 0.533. The number of rotatable bonds is 7. The summed E-state index contributed by atoms with van der Waals surface area (Å²) in [4.78, 5) is 8.34. The molecule has 2 N–H and O–H groups in total. The lowest BCUT2D eigenvalue weighted by Crippen LogP contribution is -2.05. The second-order valence-corrected chi connectivity index (χ2v) is 5.07. The molecule has 5 nitrogen and oxygen atoms in total. The third-order valence-electron chi connectivity index (χ3n) is 3.04. The standard InChI is InChI=1S/C15H22N4O/c1-12(2)20-8-4-3-7-19-11-17-10-14(19)13-5-6-15(16)18-9-13/h5-6,9-12H,3-4,7-8H2,1-2H3,(H2,16,18). The molecule has 0 spiro atoms. The van der Waals surface area contributed by atoms with Crippen molar-refractivity contribution < 1.29 is 4.74 Å². The number of unbranched alkanes of at least 4 members (excludes halogenated alkanes) is 1. The van der Waals surface area contributed by atoms with E-state index in [4.69, 9.17) is 10.5 Å². The molecular formula is C15H22N4O. The average Bonchev–Trinajstić information content (AvgIpc) is 2.87. The van der Waals surface area contributed by atoms with Crippen molar-refractivity contribution in [3.63, 3.8) is 0 Å². The number of hydrogen-bond acceptors (Lipinski definition) is 4. The summed E-state index contributed by atoms with van der Waals surface area (Å²) in [6, 6.07) is 3.78. The lowest BCUT2D eigenvalue weighted by atomic mass is 10.2. The zero-order valence-electron chi connectivity index (χ0n) is 12.1. The van der Waals surface area contributed by atoms with Crippen LogP contribution in [0.2, 0.25) is 0 Å². The third-order valence-corrected chi connectivity index (χ3v) is 3.04. The maximum atomic E-state index is 5.61. The van der Waals surface area contributed by atoms with Crippen molar-refractivity contribution in [2.45, 2.75) is 39.3 Å². The molecule has 0 unspecified atom stereocenters. The van der Waals surface area contributed by atoms with Gasteiger partial charge in [0.1, 0.15) is 5.82 Å². The quantitative estimate of drug-likeness (QED) is 0.788. The largest absolute Gasteiger partial charge is 0.384 e. The minimum atomic E-state index is 0.305. The second kappa shape index (κ2) is 7.05. The highest BCUT2D eigenvalue weighted by atomic mass is 16.5. The summed E-state index contributed by atoms with van der Waals surface area (Å²) in [7, 11) is 0. The van der Waals surface area contributed by atoms with Crippen LogP contribution in [-0.4, -0.2) is 27.2 Å². The van der Waals surface area contributed by atoms with E-state index in [1.807, 2.05) is 24.7 Å². The number of pyridine rings is 1. The summed E-state index contributed by atoms with van der Waals surface area (Å²) >= 11 is 0. The van der Waals surface area contributed by atoms with E-state index < -0.39 is 0 Å². The van der Waals surface area contributed by atoms with Crippen LogP contribution in [0.4, 0.5) is 5.82 Å². The van der Waals surface area contributed by atoms with Gasteiger partial charge in [0.05, 0.1) is 24.3 Å². The number of anilines is 1. The van der Waals surface area contributed by atoms with Crippen molar-refractivity contribution in [1.29, 1.82) is 0 Å². The summed E-state index contributed by atoms with van der Waals surface area (Å²) < 4.78 is 7.68. The Labute approximate surface area is 119 Å². The van der Waals surface area contributed by atoms with Gasteiger partial charge in [0.25, 0.3) is 0 Å². The fourth-order valence-corrected chi connectivity index (χ4v) is 2.00. The van der Waals surface area contributed by atoms with Crippen LogP contribution in [0.5, 0.6) is 0 Å². The first-order valence-corrected chi connectivity index (χ1v) is 7.00. The Morgan fingerprint density at radius 3 is 2.80 bits per heavy atom. The lowest BCUT2D eigenvalue weighted by molar-refractivity contribution is 0.0754. The number of nitrogens with two attached hydrogens (primary N) is 1. The predicted octanol–water partition coefficient (Wildman–Crippen LogP) is 2.73. The number of hydrogen-bond donors (Lipinski definition) is 1. The van der Waals surface area contributed by atoms with E-state index in [1.54, 1.807) is 6.20 Å². The van der Waals surface area contributed by atoms with Gasteiger partial charge in [-0.25, -0.2) is 9.97 Å². The number of aromatic nitrogens is 3. The van der Waals surface area contributed by atoms with E-state index in [9.17, 15) is 0 Å². The van der Waals surface area contributed by atoms with E-state index >= 15 is 0 Å². The van der Waals surface area contributed by atoms with Crippen LogP contribution in [-0.2, 0) is 11.3 Å². The van der Waals surface area contributed by atoms with Crippen LogP contribution in [0.1, 0.15) is 26.7 Å². The fourth-order valence-electron chi connectivity index (χ4n) is 2.00. The molecule has 0 atom stereocenters. The molecule has 0 bridgehead atoms. The maximum Gasteiger partial charge on any atom is 0.123 e. The Kier molecular flexibility index (Phi) is 5.12. The van der Waals surface area contributed by atoms with Gasteiger partial charge in [0, 0.05) is 24.9 Å². The first-order chi connectivity index (χ1) is 9.66. The van der Waals surface area contributed by atoms with Gasteiger partial charge >= 0.3 is 0 Å². The Bertz CT molecular complexity index is 519. The first-order valence-electron chi connectivity index (χ1n) is 7.00. The summed E-state index contributed by atoms with van der Waals surface area (Å²) in [5.41, 5.74) is 7.72. The van der Waals surface area contributed by atoms with E-state index in [-0.39, 0.29) is 0 Å². The van der Waals surface area contributed by atoms with Crippen molar-refractivity contribution in [3.8, 4) is 11.3 Å². The van der Waals surface area contributed by atoms with Crippen LogP contribution >= 0.6 is 0 Å². The highest BCUT2D eigenvalue weighted by Crippen LogP contribution is 2.19. The topological polar surface area (TPSA) is 66.0 Å². The lowest BCUT2D eigenvalue weighted by Gasteiger charge is -2.09. The van der Waals surface area contributed by atoms with Gasteiger partial charge in [0.2, 0.25) is 0 Å². The molecule has 2 rings (SSSR count). The van der Waals surface area contributed by atoms with Crippen LogP contribution in [0.15, 0.2) is 30.9 Å². The van der Waals surface area contributed by atoms with Gasteiger partial charge in [-0.2, -0.15) is 0 Å². The zero-order chi connectivity index (χ0) is 14.4. The molecule has 0 radical (unpaired) electrons. The summed E-state index contributed by atoms with van der Waals surface area (Å²) in [6.07, 6.45) is 7.92. The Morgan fingerprint density at radius 2 is 2.10 bits per heavy atom. The molecule has 5 heteroatoms. The van der Waals surface area contributed by atoms with Crippen LogP contribution in [0.25, 0.3) is 11.3 Å². The second-order valence-electron chi connectivity index (χ2n) is 5.07. The molecule has 0 fully saturated rings. The van der Waals surface area contributed by atoms with Crippen molar-refractivity contribution in [1.82, 2.24) is 14.5 Å². The van der Waals surface area contributed by atoms with Crippen LogP contribution in [0.3, 0.4) is 0 Å². The molecule has 0 aliphatic rings. The van der Waals surface area contributed by atoms with Crippen molar-refractivity contribution in [2.24, 2.45) is 0 Å². The molecule has 2 aromatic heterocycles. The van der Waals surface area contributed by atoms with Crippen molar-refractivity contribution >= 4 is 5.82 Å². The monoisotopic (exact) mass is 274 g/mol. The maximum absolute atomic E-state index is 5.61. The van der Waals surface area contributed by atoms with E-state index in [2.05, 4.69) is 28.4 Å². The zero-order valence-corrected chi connectivity index (χ0v) is 12.1. The molecule has 108 valence electrons. The minimum absolute atomic E-state index is 0.305. The van der Waals surface area contributed by atoms with E-state index in [0.717, 1.165) is 37.3 Å². The Balaban J connectivity index is 1.90. The van der Waals surface area contributed by atoms with Gasteiger partial charge in [-0.05, 0) is 38.8 Å². The number of nitrogen functional groups attached to an aromatic ring is 1. The number of imidazole rings is 1. The molecule has 2 heterocycles. The number of aryl methyl sites for hydroxylation is 1. The highest BCUT2D eigenvalue weighted by molar-refractivity contribution is 5.59. The van der Waals surface area contributed by atoms with Crippen molar-refractivity contribution in [2.75, 3.05) is 12.3 Å². The average molecular weight is 274 g/mol. The normalized spacial score (nSPS) is 11.2. The molecule has 0 amide bonds. The van der Waals surface area contributed by atoms with E-state index in [0.29, 0.717) is 11.9 Å². The van der Waals surface area contributed by atoms with Crippen LogP contribution < -0.4 is 5.73 Å². The summed E-state index contributed by atoms with van der Waals surface area (Å²) in [5, 5.41) is 0. The van der Waals surface area contributed by atoms with Gasteiger partial charge in [-0.1, -0.05) is 0 Å². The third kappa shape index (κ3) is 4.06. The van der Waals surface area contributed by atoms with Gasteiger partial charge in [-0.3, -0.25) is 0 Å². The number of ether oxygens (including phenoxy) is 1. The molecule has 2 aromatic rings. The Hall–Kier alpha value is -1.88. The molecule has 0 saturated heterocycles. The SMILES string of the molecule is CC(C)OCCCCn1cncc1-c1ccc(N)nc1. The summed E-state index contributed by atoms with van der Waals surface area (Å²) in [6.45, 7) is 5.86. The van der Waals surface area contributed by atoms with Gasteiger partial charge < -0.3 is 15.0 Å². The van der Waals surface area contributed by atoms with Crippen molar-refractivity contribution in [3.05, 3.63) is 30.9 Å². The van der Waals surface area contributed by atoms with E-state index in [1.165, 1.54) is 0 Å². The molecule has 0 aliphatic heterocycles. The number of nitrogens with zero attached hydrogens (tertiary/aromatic N) is 3. The molecule has 0 saturated carbocycles. The minimum Gasteiger partial charge on any atom is -0.384 e. The first kappa shape index (κ1) is 14.5. The molecule has 0 aromatic carbocycles. The predicted molar refractivity (Wildman–Crippen MR) is 80.2 cm³/mol. The molecular weight excluding hydrogens is 252 g/mol. The molecule has 20 heavy (non-hydrogen) atoms. The van der Waals surface area contributed by atoms with Gasteiger partial charge in [-0.15, -0.1) is 0 Å². The smallest absolute Gasteiger partial charge is 0.123 e. The molecule has 0 aliphatic carbocycles. The Morgan fingerprint density at radius 1 is 1.25 bits per heavy atom. The highest BCUT2D eigenvalue weighted by Gasteiger charge is 2.05. The van der Waals surface area contributed by atoms with Crippen LogP contribution in [0, 0.1) is 0 Å².